The van der Waals surface area contributed by atoms with Gasteiger partial charge >= 0.3 is 0 Å². The van der Waals surface area contributed by atoms with Crippen LogP contribution in [-0.2, 0) is 0 Å². The average Bonchev–Trinajstić information content (AvgIpc) is 3.98. The molecular weight excluding hydrogens is 625 g/mol. The van der Waals surface area contributed by atoms with Crippen molar-refractivity contribution in [2.24, 2.45) is 9.98 Å². The first kappa shape index (κ1) is 29.0. The summed E-state index contributed by atoms with van der Waals surface area (Å²) in [6.45, 7) is 0. The van der Waals surface area contributed by atoms with Crippen LogP contribution >= 0.6 is 21.6 Å². The number of aliphatic imine (C=N–C) groups is 2. The standard InChI is InChI=1S/C42H30N4S2/c1-5-13-27(14-6-1)37-31-21-22-32(43-31)38(28-15-7-2-8-16-28)34-24-26-36(45-34)40(30-19-11-4-12-20-30)42-46-41(47-48-42)39(29-17-9-3-10-18-29)35-25-23-33(37)44-35/h1-26,41-42,44,46H/t41-,42+/m0/s1. The van der Waals surface area contributed by atoms with Crippen LogP contribution in [0.2, 0.25) is 0 Å². The number of H-pyrrole nitrogens is 1. The van der Waals surface area contributed by atoms with Crippen molar-refractivity contribution >= 4 is 55.3 Å². The minimum absolute atomic E-state index is 0.0153. The highest BCUT2D eigenvalue weighted by Crippen LogP contribution is 2.47. The molecule has 0 aliphatic carbocycles. The number of aromatic nitrogens is 1. The van der Waals surface area contributed by atoms with Crippen LogP contribution in [-0.4, -0.2) is 27.2 Å². The fourth-order valence-electron chi connectivity index (χ4n) is 6.75. The Morgan fingerprint density at radius 1 is 0.417 bits per heavy atom. The van der Waals surface area contributed by atoms with E-state index in [0.29, 0.717) is 0 Å². The zero-order chi connectivity index (χ0) is 31.9. The summed E-state index contributed by atoms with van der Waals surface area (Å²) in [4.78, 5) is 14.6. The summed E-state index contributed by atoms with van der Waals surface area (Å²) in [5.41, 5.74) is 12.7. The lowest BCUT2D eigenvalue weighted by atomic mass is 9.99. The summed E-state index contributed by atoms with van der Waals surface area (Å²) in [5.74, 6) is 0. The van der Waals surface area contributed by atoms with E-state index in [1.165, 1.54) is 16.7 Å². The van der Waals surface area contributed by atoms with Gasteiger partial charge in [-0.2, -0.15) is 0 Å². The quantitative estimate of drug-likeness (QED) is 0.194. The van der Waals surface area contributed by atoms with Gasteiger partial charge in [-0.25, -0.2) is 9.98 Å². The molecule has 1 aromatic heterocycles. The van der Waals surface area contributed by atoms with Crippen molar-refractivity contribution < 1.29 is 0 Å². The first-order chi connectivity index (χ1) is 23.8. The van der Waals surface area contributed by atoms with E-state index in [1.54, 1.807) is 0 Å². The minimum Gasteiger partial charge on any atom is -0.355 e. The van der Waals surface area contributed by atoms with Gasteiger partial charge in [0.1, 0.15) is 0 Å². The second kappa shape index (κ2) is 12.5. The molecule has 0 radical (unpaired) electrons. The molecule has 4 aliphatic rings. The van der Waals surface area contributed by atoms with Crippen molar-refractivity contribution in [1.82, 2.24) is 10.3 Å². The van der Waals surface area contributed by atoms with Crippen LogP contribution in [0, 0.1) is 0 Å². The van der Waals surface area contributed by atoms with Crippen LogP contribution in [0.3, 0.4) is 0 Å². The third-order valence-electron chi connectivity index (χ3n) is 8.94. The zero-order valence-corrected chi connectivity index (χ0v) is 27.5. The fourth-order valence-corrected chi connectivity index (χ4v) is 9.73. The van der Waals surface area contributed by atoms with Gasteiger partial charge in [0.05, 0.1) is 33.6 Å². The SMILES string of the molecule is C1=CC2=C(c3ccccc3)[C@@H]3N[C@@H](SS3)C(c3ccccc3)=c3ccc([nH]3)=C(c3ccccc3)C3=NC(=C(c4ccccc4)C1=N2)C=C3. The Bertz CT molecular complexity index is 2350. The van der Waals surface area contributed by atoms with Crippen molar-refractivity contribution in [3.63, 3.8) is 0 Å². The number of fused-ring (bicyclic) bond motifs is 6. The van der Waals surface area contributed by atoms with E-state index >= 15 is 0 Å². The Morgan fingerprint density at radius 2 is 0.875 bits per heavy atom. The van der Waals surface area contributed by atoms with Crippen LogP contribution in [0.1, 0.15) is 22.3 Å². The lowest BCUT2D eigenvalue weighted by Crippen LogP contribution is -2.33. The van der Waals surface area contributed by atoms with E-state index in [9.17, 15) is 0 Å². The maximum absolute atomic E-state index is 5.38. The summed E-state index contributed by atoms with van der Waals surface area (Å²) >= 11 is 0. The van der Waals surface area contributed by atoms with E-state index in [1.807, 2.05) is 21.6 Å². The molecule has 5 aromatic rings. The molecule has 0 unspecified atom stereocenters. The van der Waals surface area contributed by atoms with Gasteiger partial charge in [0.25, 0.3) is 0 Å². The van der Waals surface area contributed by atoms with Crippen LogP contribution < -0.4 is 16.0 Å². The number of benzene rings is 4. The predicted octanol–water partition coefficient (Wildman–Crippen LogP) is 7.91. The molecule has 48 heavy (non-hydrogen) atoms. The second-order valence-electron chi connectivity index (χ2n) is 11.9. The van der Waals surface area contributed by atoms with Crippen LogP contribution in [0.25, 0.3) is 22.3 Å². The molecule has 2 atom stereocenters. The maximum atomic E-state index is 5.38. The lowest BCUT2D eigenvalue weighted by molar-refractivity contribution is 0.791. The van der Waals surface area contributed by atoms with Gasteiger partial charge in [-0.1, -0.05) is 143 Å². The molecule has 4 aliphatic heterocycles. The fraction of sp³-hybridized carbons (Fsp3) is 0.0476. The Labute approximate surface area is 287 Å². The van der Waals surface area contributed by atoms with Crippen LogP contribution in [0.15, 0.2) is 179 Å². The summed E-state index contributed by atoms with van der Waals surface area (Å²) in [6.07, 6.45) is 8.60. The van der Waals surface area contributed by atoms with E-state index in [2.05, 4.69) is 168 Å². The van der Waals surface area contributed by atoms with Gasteiger partial charge in [0.15, 0.2) is 0 Å². The summed E-state index contributed by atoms with van der Waals surface area (Å²) < 4.78 is 0. The Morgan fingerprint density at radius 3 is 1.50 bits per heavy atom. The van der Waals surface area contributed by atoms with Crippen LogP contribution in [0.4, 0.5) is 0 Å². The summed E-state index contributed by atoms with van der Waals surface area (Å²) in [6, 6.07) is 46.9. The molecule has 6 heteroatoms. The van der Waals surface area contributed by atoms with Gasteiger partial charge in [-0.15, -0.1) is 0 Å². The minimum atomic E-state index is 0.0153. The van der Waals surface area contributed by atoms with E-state index in [0.717, 1.165) is 61.4 Å². The lowest BCUT2D eigenvalue weighted by Gasteiger charge is -2.19. The van der Waals surface area contributed by atoms with Gasteiger partial charge in [0, 0.05) is 33.0 Å². The molecule has 5 heterocycles. The van der Waals surface area contributed by atoms with E-state index in [-0.39, 0.29) is 10.7 Å². The van der Waals surface area contributed by atoms with Gasteiger partial charge in [0.2, 0.25) is 0 Å². The molecule has 1 fully saturated rings. The number of nitrogens with one attached hydrogen (secondary N) is 2. The number of allylic oxidation sites excluding steroid dienone is 5. The molecule has 9 rings (SSSR count). The third kappa shape index (κ3) is 5.28. The normalized spacial score (nSPS) is 20.1. The largest absolute Gasteiger partial charge is 0.355 e. The highest BCUT2D eigenvalue weighted by atomic mass is 33.1. The molecular formula is C42H30N4S2. The van der Waals surface area contributed by atoms with Gasteiger partial charge < -0.3 is 4.98 Å². The number of rotatable bonds is 4. The first-order valence-electron chi connectivity index (χ1n) is 16.1. The number of aromatic amines is 1. The average molecular weight is 655 g/mol. The smallest absolute Gasteiger partial charge is 0.0931 e. The molecule has 0 amide bonds. The Hall–Kier alpha value is -5.14. The van der Waals surface area contributed by atoms with Crippen molar-refractivity contribution in [2.75, 3.05) is 0 Å². The summed E-state index contributed by atoms with van der Waals surface area (Å²) in [5, 5.41) is 6.18. The molecule has 4 nitrogen and oxygen atoms in total. The Kier molecular flexibility index (Phi) is 7.54. The van der Waals surface area contributed by atoms with Crippen molar-refractivity contribution in [1.29, 1.82) is 0 Å². The second-order valence-corrected chi connectivity index (χ2v) is 14.4. The van der Waals surface area contributed by atoms with Crippen molar-refractivity contribution in [3.05, 3.63) is 202 Å². The predicted molar refractivity (Wildman–Crippen MR) is 204 cm³/mol. The topological polar surface area (TPSA) is 52.5 Å². The van der Waals surface area contributed by atoms with Crippen LogP contribution in [0.5, 0.6) is 0 Å². The van der Waals surface area contributed by atoms with Gasteiger partial charge in [-0.3, -0.25) is 5.32 Å². The maximum Gasteiger partial charge on any atom is 0.0931 e. The van der Waals surface area contributed by atoms with Gasteiger partial charge in [-0.05, 0) is 58.7 Å². The highest BCUT2D eigenvalue weighted by molar-refractivity contribution is 8.77. The number of nitrogens with zero attached hydrogens (tertiary/aromatic N) is 2. The van der Waals surface area contributed by atoms with Crippen molar-refractivity contribution in [2.45, 2.75) is 10.7 Å². The molecule has 230 valence electrons. The molecule has 0 spiro atoms. The zero-order valence-electron chi connectivity index (χ0n) is 25.9. The molecule has 0 saturated carbocycles. The first-order valence-corrected chi connectivity index (χ1v) is 18.3. The monoisotopic (exact) mass is 654 g/mol. The number of hydrogen-bond donors (Lipinski definition) is 2. The number of hydrogen-bond acceptors (Lipinski definition) is 5. The highest BCUT2D eigenvalue weighted by Gasteiger charge is 2.34. The summed E-state index contributed by atoms with van der Waals surface area (Å²) in [7, 11) is 3.73. The van der Waals surface area contributed by atoms with E-state index in [4.69, 9.17) is 9.98 Å². The molecule has 2 N–H and O–H groups in total. The molecule has 4 aromatic carbocycles. The molecule has 1 saturated heterocycles. The molecule has 8 bridgehead atoms. The van der Waals surface area contributed by atoms with E-state index < -0.39 is 0 Å². The third-order valence-corrected chi connectivity index (χ3v) is 11.7. The van der Waals surface area contributed by atoms with Crippen molar-refractivity contribution in [3.8, 4) is 0 Å². The Balaban J connectivity index is 1.37.